The van der Waals surface area contributed by atoms with Crippen LogP contribution in [0.15, 0.2) is 0 Å². The van der Waals surface area contributed by atoms with Crippen LogP contribution < -0.4 is 0 Å². The summed E-state index contributed by atoms with van der Waals surface area (Å²) in [5.74, 6) is 5.33. The normalized spacial score (nSPS) is 15.8. The number of carbonyl (C=O) groups is 2. The Morgan fingerprint density at radius 1 is 1.20 bits per heavy atom. The third-order valence-corrected chi connectivity index (χ3v) is 3.63. The first-order chi connectivity index (χ1) is 9.45. The highest BCUT2D eigenvalue weighted by molar-refractivity contribution is 5.93. The molecule has 0 spiro atoms. The van der Waals surface area contributed by atoms with Gasteiger partial charge in [0.25, 0.3) is 5.91 Å². The topological polar surface area (TPSA) is 43.9 Å². The summed E-state index contributed by atoms with van der Waals surface area (Å²) in [6.45, 7) is 6.24. The standard InChI is InChI=1S/C15H25N3O2/c1-5-6-15(20)18(12-11-16(3)4)14-7-9-17(10-8-14)13(2)19/h14H,7-12H2,1-4H3. The number of amides is 2. The largest absolute Gasteiger partial charge is 0.343 e. The molecule has 0 aromatic heterocycles. The lowest BCUT2D eigenvalue weighted by Gasteiger charge is -2.37. The van der Waals surface area contributed by atoms with Crippen LogP contribution >= 0.6 is 0 Å². The van der Waals surface area contributed by atoms with Gasteiger partial charge in [-0.25, -0.2) is 0 Å². The zero-order valence-electron chi connectivity index (χ0n) is 13.0. The van der Waals surface area contributed by atoms with Gasteiger partial charge in [0, 0.05) is 39.1 Å². The molecule has 1 saturated heterocycles. The Morgan fingerprint density at radius 3 is 2.25 bits per heavy atom. The minimum Gasteiger partial charge on any atom is -0.343 e. The molecule has 0 atom stereocenters. The number of hydrogen-bond donors (Lipinski definition) is 0. The fourth-order valence-electron chi connectivity index (χ4n) is 2.43. The van der Waals surface area contributed by atoms with E-state index in [1.165, 1.54) is 0 Å². The molecule has 0 radical (unpaired) electrons. The van der Waals surface area contributed by atoms with Crippen molar-refractivity contribution in [1.29, 1.82) is 0 Å². The van der Waals surface area contributed by atoms with Crippen molar-refractivity contribution in [2.24, 2.45) is 0 Å². The molecule has 5 heteroatoms. The fraction of sp³-hybridized carbons (Fsp3) is 0.733. The molecule has 0 aromatic carbocycles. The zero-order chi connectivity index (χ0) is 15.1. The van der Waals surface area contributed by atoms with Gasteiger partial charge in [0.1, 0.15) is 0 Å². The van der Waals surface area contributed by atoms with Crippen molar-refractivity contribution in [1.82, 2.24) is 14.7 Å². The van der Waals surface area contributed by atoms with E-state index < -0.39 is 0 Å². The Labute approximate surface area is 121 Å². The fourth-order valence-corrected chi connectivity index (χ4v) is 2.43. The second-order valence-electron chi connectivity index (χ2n) is 5.41. The van der Waals surface area contributed by atoms with E-state index in [1.807, 2.05) is 23.9 Å². The maximum atomic E-state index is 12.1. The van der Waals surface area contributed by atoms with Gasteiger partial charge in [-0.3, -0.25) is 9.59 Å². The molecule has 0 N–H and O–H groups in total. The molecule has 0 aromatic rings. The molecule has 0 unspecified atom stereocenters. The van der Waals surface area contributed by atoms with Gasteiger partial charge in [-0.15, -0.1) is 0 Å². The molecule has 0 saturated carbocycles. The number of nitrogens with zero attached hydrogens (tertiary/aromatic N) is 3. The van der Waals surface area contributed by atoms with Crippen molar-refractivity contribution < 1.29 is 9.59 Å². The van der Waals surface area contributed by atoms with Crippen molar-refractivity contribution in [2.75, 3.05) is 40.3 Å². The Kier molecular flexibility index (Phi) is 6.53. The predicted molar refractivity (Wildman–Crippen MR) is 79.0 cm³/mol. The Bertz CT molecular complexity index is 401. The molecule has 1 aliphatic rings. The molecule has 5 nitrogen and oxygen atoms in total. The van der Waals surface area contributed by atoms with Gasteiger partial charge in [-0.2, -0.15) is 0 Å². The van der Waals surface area contributed by atoms with E-state index in [1.54, 1.807) is 13.8 Å². The maximum absolute atomic E-state index is 12.1. The highest BCUT2D eigenvalue weighted by atomic mass is 16.2. The minimum atomic E-state index is -0.101. The number of likely N-dealkylation sites (tertiary alicyclic amines) is 1. The van der Waals surface area contributed by atoms with Crippen LogP contribution in [-0.4, -0.2) is 72.8 Å². The second-order valence-corrected chi connectivity index (χ2v) is 5.41. The highest BCUT2D eigenvalue weighted by Crippen LogP contribution is 2.17. The Balaban J connectivity index is 2.65. The first kappa shape index (κ1) is 16.5. The SMILES string of the molecule is CC#CC(=O)N(CCN(C)C)C1CCN(C(C)=O)CC1. The van der Waals surface area contributed by atoms with E-state index in [-0.39, 0.29) is 17.9 Å². The summed E-state index contributed by atoms with van der Waals surface area (Å²) >= 11 is 0. The van der Waals surface area contributed by atoms with Crippen LogP contribution in [0, 0.1) is 11.8 Å². The molecule has 0 bridgehead atoms. The van der Waals surface area contributed by atoms with Crippen LogP contribution in [0.2, 0.25) is 0 Å². The Morgan fingerprint density at radius 2 is 1.80 bits per heavy atom. The molecule has 1 rings (SSSR count). The van der Waals surface area contributed by atoms with Crippen LogP contribution in [0.25, 0.3) is 0 Å². The third kappa shape index (κ3) is 4.86. The van der Waals surface area contributed by atoms with Crippen LogP contribution in [0.1, 0.15) is 26.7 Å². The first-order valence-electron chi connectivity index (χ1n) is 7.09. The molecule has 20 heavy (non-hydrogen) atoms. The average Bonchev–Trinajstić information content (AvgIpc) is 2.39. The first-order valence-corrected chi connectivity index (χ1v) is 7.09. The molecule has 2 amide bonds. The summed E-state index contributed by atoms with van der Waals surface area (Å²) in [6, 6.07) is 0.193. The van der Waals surface area contributed by atoms with Crippen molar-refractivity contribution in [3.8, 4) is 11.8 Å². The van der Waals surface area contributed by atoms with Gasteiger partial charge in [0.05, 0.1) is 0 Å². The number of carbonyl (C=O) groups excluding carboxylic acids is 2. The summed E-state index contributed by atoms with van der Waals surface area (Å²) in [5, 5.41) is 0. The molecule has 1 aliphatic heterocycles. The third-order valence-electron chi connectivity index (χ3n) is 3.63. The van der Waals surface area contributed by atoms with E-state index in [4.69, 9.17) is 0 Å². The minimum absolute atomic E-state index is 0.101. The maximum Gasteiger partial charge on any atom is 0.298 e. The predicted octanol–water partition coefficient (Wildman–Crippen LogP) is 0.411. The number of likely N-dealkylation sites (N-methyl/N-ethyl adjacent to an activating group) is 1. The summed E-state index contributed by atoms with van der Waals surface area (Å²) in [6.07, 6.45) is 1.67. The zero-order valence-corrected chi connectivity index (χ0v) is 13.0. The van der Waals surface area contributed by atoms with E-state index in [0.29, 0.717) is 6.54 Å². The monoisotopic (exact) mass is 279 g/mol. The van der Waals surface area contributed by atoms with Crippen LogP contribution in [-0.2, 0) is 9.59 Å². The van der Waals surface area contributed by atoms with E-state index >= 15 is 0 Å². The van der Waals surface area contributed by atoms with Gasteiger partial charge in [0.2, 0.25) is 5.91 Å². The second kappa shape index (κ2) is 7.91. The van der Waals surface area contributed by atoms with Gasteiger partial charge in [0.15, 0.2) is 0 Å². The number of hydrogen-bond acceptors (Lipinski definition) is 3. The highest BCUT2D eigenvalue weighted by Gasteiger charge is 2.27. The Hall–Kier alpha value is -1.54. The summed E-state index contributed by atoms with van der Waals surface area (Å²) in [4.78, 5) is 29.2. The lowest BCUT2D eigenvalue weighted by atomic mass is 10.0. The van der Waals surface area contributed by atoms with Crippen LogP contribution in [0.5, 0.6) is 0 Å². The lowest BCUT2D eigenvalue weighted by molar-refractivity contribution is -0.132. The van der Waals surface area contributed by atoms with Crippen LogP contribution in [0.3, 0.4) is 0 Å². The lowest BCUT2D eigenvalue weighted by Crippen LogP contribution is -2.49. The van der Waals surface area contributed by atoms with E-state index in [0.717, 1.165) is 32.5 Å². The van der Waals surface area contributed by atoms with Gasteiger partial charge in [-0.1, -0.05) is 5.92 Å². The number of rotatable bonds is 4. The smallest absolute Gasteiger partial charge is 0.298 e. The molecular formula is C15H25N3O2. The molecular weight excluding hydrogens is 254 g/mol. The van der Waals surface area contributed by atoms with E-state index in [9.17, 15) is 9.59 Å². The van der Waals surface area contributed by atoms with Gasteiger partial charge < -0.3 is 14.7 Å². The van der Waals surface area contributed by atoms with Crippen molar-refractivity contribution in [3.05, 3.63) is 0 Å². The molecule has 112 valence electrons. The van der Waals surface area contributed by atoms with Gasteiger partial charge in [-0.05, 0) is 39.8 Å². The molecule has 1 heterocycles. The summed E-state index contributed by atoms with van der Waals surface area (Å²) < 4.78 is 0. The summed E-state index contributed by atoms with van der Waals surface area (Å²) in [5.41, 5.74) is 0. The molecule has 0 aliphatic carbocycles. The number of piperidine rings is 1. The van der Waals surface area contributed by atoms with Gasteiger partial charge >= 0.3 is 0 Å². The van der Waals surface area contributed by atoms with Crippen LogP contribution in [0.4, 0.5) is 0 Å². The van der Waals surface area contributed by atoms with Crippen molar-refractivity contribution in [3.63, 3.8) is 0 Å². The van der Waals surface area contributed by atoms with E-state index in [2.05, 4.69) is 16.7 Å². The average molecular weight is 279 g/mol. The quantitative estimate of drug-likeness (QED) is 0.700. The molecule has 1 fully saturated rings. The van der Waals surface area contributed by atoms with Crippen molar-refractivity contribution >= 4 is 11.8 Å². The van der Waals surface area contributed by atoms with Crippen molar-refractivity contribution in [2.45, 2.75) is 32.7 Å². The summed E-state index contributed by atoms with van der Waals surface area (Å²) in [7, 11) is 3.99.